The number of halogens is 1. The van der Waals surface area contributed by atoms with E-state index in [-0.39, 0.29) is 31.0 Å². The molecule has 8 heteroatoms. The van der Waals surface area contributed by atoms with Crippen molar-refractivity contribution in [2.24, 2.45) is 0 Å². The van der Waals surface area contributed by atoms with E-state index in [9.17, 15) is 9.59 Å². The number of carbonyl (C=O) groups excluding carboxylic acids is 2. The van der Waals surface area contributed by atoms with Crippen molar-refractivity contribution in [3.8, 4) is 17.2 Å². The molecule has 33 heavy (non-hydrogen) atoms. The van der Waals surface area contributed by atoms with E-state index < -0.39 is 6.04 Å². The van der Waals surface area contributed by atoms with Crippen LogP contribution in [0.3, 0.4) is 0 Å². The van der Waals surface area contributed by atoms with E-state index in [1.165, 1.54) is 0 Å². The molecule has 2 aromatic rings. The fourth-order valence-corrected chi connectivity index (χ4v) is 3.37. The lowest BCUT2D eigenvalue weighted by Crippen LogP contribution is -2.51. The number of nitrogens with one attached hydrogen (secondary N) is 1. The molecule has 0 spiro atoms. The summed E-state index contributed by atoms with van der Waals surface area (Å²) in [7, 11) is 3.08. The Bertz CT molecular complexity index is 897. The van der Waals surface area contributed by atoms with Gasteiger partial charge in [0.2, 0.25) is 5.91 Å². The van der Waals surface area contributed by atoms with Gasteiger partial charge >= 0.3 is 0 Å². The fraction of sp³-hybridized carbons (Fsp3) is 0.440. The summed E-state index contributed by atoms with van der Waals surface area (Å²) in [6.07, 6.45) is 1.27. The molecule has 0 aliphatic heterocycles. The van der Waals surface area contributed by atoms with E-state index >= 15 is 0 Å². The minimum atomic E-state index is -0.634. The summed E-state index contributed by atoms with van der Waals surface area (Å²) in [6.45, 7) is 5.84. The molecule has 2 rings (SSSR count). The number of rotatable bonds is 12. The van der Waals surface area contributed by atoms with Crippen molar-refractivity contribution in [1.29, 1.82) is 0 Å². The van der Waals surface area contributed by atoms with Gasteiger partial charge in [0.05, 0.1) is 14.2 Å². The van der Waals surface area contributed by atoms with Gasteiger partial charge in [0, 0.05) is 35.8 Å². The Morgan fingerprint density at radius 2 is 1.55 bits per heavy atom. The molecular weight excluding hydrogens is 444 g/mol. The zero-order valence-electron chi connectivity index (χ0n) is 19.9. The van der Waals surface area contributed by atoms with Crippen LogP contribution in [0, 0.1) is 0 Å². The molecule has 180 valence electrons. The van der Waals surface area contributed by atoms with Crippen LogP contribution in [0.1, 0.15) is 39.2 Å². The van der Waals surface area contributed by atoms with Gasteiger partial charge in [-0.05, 0) is 37.5 Å². The summed E-state index contributed by atoms with van der Waals surface area (Å²) in [5, 5.41) is 3.59. The standard InChI is InChI=1S/C25H33ClN2O5/c1-6-17(3)27-25(30)23(7-2)28(15-18-8-10-19(26)11-9-18)24(29)16-33-22-13-20(31-4)12-21(14-22)32-5/h8-14,17,23H,6-7,15-16H2,1-5H3,(H,27,30). The first-order valence-electron chi connectivity index (χ1n) is 11.0. The van der Waals surface area contributed by atoms with Crippen LogP contribution in [0.4, 0.5) is 0 Å². The van der Waals surface area contributed by atoms with Crippen LogP contribution in [0.15, 0.2) is 42.5 Å². The third kappa shape index (κ3) is 7.86. The third-order valence-corrected chi connectivity index (χ3v) is 5.59. The molecule has 0 fully saturated rings. The smallest absolute Gasteiger partial charge is 0.261 e. The number of amides is 2. The van der Waals surface area contributed by atoms with Crippen LogP contribution in [0.25, 0.3) is 0 Å². The molecule has 1 N–H and O–H groups in total. The largest absolute Gasteiger partial charge is 0.496 e. The summed E-state index contributed by atoms with van der Waals surface area (Å²) >= 11 is 6.01. The molecule has 2 amide bonds. The van der Waals surface area contributed by atoms with Gasteiger partial charge in [-0.2, -0.15) is 0 Å². The van der Waals surface area contributed by atoms with Crippen LogP contribution >= 0.6 is 11.6 Å². The highest BCUT2D eigenvalue weighted by Crippen LogP contribution is 2.27. The maximum Gasteiger partial charge on any atom is 0.261 e. The van der Waals surface area contributed by atoms with Crippen molar-refractivity contribution in [3.63, 3.8) is 0 Å². The highest BCUT2D eigenvalue weighted by atomic mass is 35.5. The van der Waals surface area contributed by atoms with Crippen LogP contribution in [0.2, 0.25) is 5.02 Å². The number of hydrogen-bond acceptors (Lipinski definition) is 5. The van der Waals surface area contributed by atoms with Crippen LogP contribution in [-0.2, 0) is 16.1 Å². The van der Waals surface area contributed by atoms with Gasteiger partial charge in [0.25, 0.3) is 5.91 Å². The molecule has 0 saturated heterocycles. The first kappa shape index (κ1) is 26.3. The van der Waals surface area contributed by atoms with Crippen LogP contribution in [0.5, 0.6) is 17.2 Å². The van der Waals surface area contributed by atoms with E-state index in [1.807, 2.05) is 32.9 Å². The molecule has 0 aliphatic rings. The molecule has 0 aliphatic carbocycles. The predicted molar refractivity (Wildman–Crippen MR) is 129 cm³/mol. The van der Waals surface area contributed by atoms with Crippen molar-refractivity contribution in [1.82, 2.24) is 10.2 Å². The summed E-state index contributed by atoms with van der Waals surface area (Å²) in [6, 6.07) is 11.7. The summed E-state index contributed by atoms with van der Waals surface area (Å²) in [5.74, 6) is 1.04. The zero-order chi connectivity index (χ0) is 24.4. The first-order valence-corrected chi connectivity index (χ1v) is 11.4. The Labute approximate surface area is 201 Å². The lowest BCUT2D eigenvalue weighted by Gasteiger charge is -2.31. The lowest BCUT2D eigenvalue weighted by molar-refractivity contribution is -0.143. The Kier molecular flexibility index (Phi) is 10.3. The molecule has 0 saturated carbocycles. The minimum absolute atomic E-state index is 0.0135. The van der Waals surface area contributed by atoms with Crippen LogP contribution in [-0.4, -0.2) is 49.6 Å². The summed E-state index contributed by atoms with van der Waals surface area (Å²) in [5.41, 5.74) is 0.866. The molecule has 0 bridgehead atoms. The number of carbonyl (C=O) groups is 2. The highest BCUT2D eigenvalue weighted by molar-refractivity contribution is 6.30. The molecule has 7 nitrogen and oxygen atoms in total. The van der Waals surface area contributed by atoms with Gasteiger partial charge in [-0.25, -0.2) is 0 Å². The molecule has 0 heterocycles. The molecule has 2 atom stereocenters. The molecule has 2 unspecified atom stereocenters. The first-order chi connectivity index (χ1) is 15.8. The average molecular weight is 477 g/mol. The second kappa shape index (κ2) is 12.9. The second-order valence-corrected chi connectivity index (χ2v) is 8.16. The Balaban J connectivity index is 2.24. The number of nitrogens with zero attached hydrogens (tertiary/aromatic N) is 1. The van der Waals surface area contributed by atoms with Gasteiger partial charge in [-0.1, -0.05) is 37.6 Å². The molecule has 2 aromatic carbocycles. The average Bonchev–Trinajstić information content (AvgIpc) is 2.83. The van der Waals surface area contributed by atoms with E-state index in [1.54, 1.807) is 49.5 Å². The normalized spacial score (nSPS) is 12.4. The quantitative estimate of drug-likeness (QED) is 0.489. The van der Waals surface area contributed by atoms with Crippen molar-refractivity contribution < 1.29 is 23.8 Å². The number of ether oxygens (including phenoxy) is 3. The predicted octanol–water partition coefficient (Wildman–Crippen LogP) is 4.46. The van der Waals surface area contributed by atoms with Gasteiger partial charge in [-0.3, -0.25) is 9.59 Å². The fourth-order valence-electron chi connectivity index (χ4n) is 3.24. The maximum atomic E-state index is 13.3. The van der Waals surface area contributed by atoms with Gasteiger partial charge in [0.15, 0.2) is 6.61 Å². The zero-order valence-corrected chi connectivity index (χ0v) is 20.6. The Morgan fingerprint density at radius 3 is 2.06 bits per heavy atom. The van der Waals surface area contributed by atoms with E-state index in [2.05, 4.69) is 5.32 Å². The van der Waals surface area contributed by atoms with Gasteiger partial charge in [-0.15, -0.1) is 0 Å². The SMILES string of the molecule is CCC(C)NC(=O)C(CC)N(Cc1ccc(Cl)cc1)C(=O)COc1cc(OC)cc(OC)c1. The van der Waals surface area contributed by atoms with Crippen molar-refractivity contribution in [2.75, 3.05) is 20.8 Å². The van der Waals surface area contributed by atoms with E-state index in [0.717, 1.165) is 12.0 Å². The maximum absolute atomic E-state index is 13.3. The second-order valence-electron chi connectivity index (χ2n) is 7.73. The minimum Gasteiger partial charge on any atom is -0.496 e. The van der Waals surface area contributed by atoms with Gasteiger partial charge in [0.1, 0.15) is 23.3 Å². The van der Waals surface area contributed by atoms with Gasteiger partial charge < -0.3 is 24.4 Å². The van der Waals surface area contributed by atoms with Crippen LogP contribution < -0.4 is 19.5 Å². The Hall–Kier alpha value is -2.93. The Morgan fingerprint density at radius 1 is 0.970 bits per heavy atom. The number of benzene rings is 2. The monoisotopic (exact) mass is 476 g/mol. The number of hydrogen-bond donors (Lipinski definition) is 1. The van der Waals surface area contributed by atoms with E-state index in [4.69, 9.17) is 25.8 Å². The van der Waals surface area contributed by atoms with E-state index in [0.29, 0.717) is 28.7 Å². The highest BCUT2D eigenvalue weighted by Gasteiger charge is 2.29. The lowest BCUT2D eigenvalue weighted by atomic mass is 10.1. The van der Waals surface area contributed by atoms with Crippen molar-refractivity contribution >= 4 is 23.4 Å². The third-order valence-electron chi connectivity index (χ3n) is 5.34. The molecule has 0 aromatic heterocycles. The summed E-state index contributed by atoms with van der Waals surface area (Å²) in [4.78, 5) is 27.8. The number of methoxy groups -OCH3 is 2. The molecule has 0 radical (unpaired) electrons. The summed E-state index contributed by atoms with van der Waals surface area (Å²) < 4.78 is 16.3. The van der Waals surface area contributed by atoms with Crippen molar-refractivity contribution in [2.45, 2.75) is 52.2 Å². The topological polar surface area (TPSA) is 77.1 Å². The van der Waals surface area contributed by atoms with Crippen molar-refractivity contribution in [3.05, 3.63) is 53.1 Å². The molecular formula is C25H33ClN2O5.